The number of ether oxygens (including phenoxy) is 1. The lowest BCUT2D eigenvalue weighted by Crippen LogP contribution is -2.36. The Morgan fingerprint density at radius 2 is 1.92 bits per heavy atom. The van der Waals surface area contributed by atoms with Gasteiger partial charge in [0.05, 0.1) is 18.7 Å². The van der Waals surface area contributed by atoms with Gasteiger partial charge in [-0.15, -0.1) is 0 Å². The normalized spacial score (nSPS) is 9.67. The van der Waals surface area contributed by atoms with Crippen LogP contribution in [0.4, 0.5) is 5.69 Å². The molecule has 0 fully saturated rings. The quantitative estimate of drug-likeness (QED) is 0.822. The third-order valence-electron chi connectivity index (χ3n) is 3.33. The lowest BCUT2D eigenvalue weighted by molar-refractivity contribution is -0.136. The third-order valence-corrected chi connectivity index (χ3v) is 3.33. The van der Waals surface area contributed by atoms with Crippen LogP contribution < -0.4 is 15.4 Å². The number of hydrogen-bond acceptors (Lipinski definition) is 4. The van der Waals surface area contributed by atoms with Crippen LogP contribution in [0.2, 0.25) is 0 Å². The number of anilines is 1. The fraction of sp³-hybridized carbons (Fsp3) is 0.167. The van der Waals surface area contributed by atoms with Crippen LogP contribution in [0.5, 0.6) is 5.75 Å². The zero-order valence-electron chi connectivity index (χ0n) is 13.2. The third kappa shape index (κ3) is 4.58. The molecule has 2 aromatic rings. The van der Waals surface area contributed by atoms with E-state index in [1.165, 1.54) is 6.07 Å². The van der Waals surface area contributed by atoms with E-state index in [0.29, 0.717) is 24.2 Å². The van der Waals surface area contributed by atoms with Crippen molar-refractivity contribution in [3.05, 3.63) is 59.7 Å². The first-order chi connectivity index (χ1) is 11.6. The van der Waals surface area contributed by atoms with Crippen molar-refractivity contribution in [2.75, 3.05) is 19.0 Å². The number of carbonyl (C=O) groups excluding carboxylic acids is 2. The summed E-state index contributed by atoms with van der Waals surface area (Å²) in [5.41, 5.74) is 1.76. The van der Waals surface area contributed by atoms with E-state index in [2.05, 4.69) is 10.6 Å². The highest BCUT2D eigenvalue weighted by atomic mass is 16.5. The monoisotopic (exact) mass is 323 g/mol. The molecule has 0 aliphatic carbocycles. The Kier molecular flexibility index (Phi) is 5.92. The summed E-state index contributed by atoms with van der Waals surface area (Å²) in [5, 5.41) is 13.8. The molecule has 0 spiro atoms. The lowest BCUT2D eigenvalue weighted by atomic mass is 10.1. The van der Waals surface area contributed by atoms with Crippen LogP contribution in [0.1, 0.15) is 11.1 Å². The minimum atomic E-state index is -0.773. The van der Waals surface area contributed by atoms with Crippen LogP contribution in [0.25, 0.3) is 0 Å². The first kappa shape index (κ1) is 17.0. The van der Waals surface area contributed by atoms with Gasteiger partial charge in [-0.3, -0.25) is 9.59 Å². The SMILES string of the molecule is COc1ccccc1CCNC(=O)C(=O)Nc1cccc(C#N)c1. The van der Waals surface area contributed by atoms with E-state index in [9.17, 15) is 9.59 Å². The van der Waals surface area contributed by atoms with Crippen LogP contribution in [-0.2, 0) is 16.0 Å². The van der Waals surface area contributed by atoms with Crippen LogP contribution in [0.3, 0.4) is 0 Å². The maximum atomic E-state index is 11.8. The number of nitrogens with one attached hydrogen (secondary N) is 2. The summed E-state index contributed by atoms with van der Waals surface area (Å²) in [6.45, 7) is 0.310. The fourth-order valence-corrected chi connectivity index (χ4v) is 2.15. The minimum absolute atomic E-state index is 0.310. The number of amides is 2. The van der Waals surface area contributed by atoms with Crippen LogP contribution in [0, 0.1) is 11.3 Å². The van der Waals surface area contributed by atoms with E-state index >= 15 is 0 Å². The number of nitriles is 1. The Hall–Kier alpha value is -3.33. The first-order valence-corrected chi connectivity index (χ1v) is 7.35. The maximum absolute atomic E-state index is 11.8. The second-order valence-corrected chi connectivity index (χ2v) is 4.96. The van der Waals surface area contributed by atoms with Gasteiger partial charge in [-0.05, 0) is 36.2 Å². The van der Waals surface area contributed by atoms with E-state index in [1.807, 2.05) is 30.3 Å². The molecule has 24 heavy (non-hydrogen) atoms. The van der Waals surface area contributed by atoms with Crippen molar-refractivity contribution in [2.24, 2.45) is 0 Å². The summed E-state index contributed by atoms with van der Waals surface area (Å²) in [6, 6.07) is 15.8. The van der Waals surface area contributed by atoms with Crippen molar-refractivity contribution in [2.45, 2.75) is 6.42 Å². The standard InChI is InChI=1S/C18H17N3O3/c1-24-16-8-3-2-6-14(16)9-10-20-17(22)18(23)21-15-7-4-5-13(11-15)12-19/h2-8,11H,9-10H2,1H3,(H,20,22)(H,21,23). The summed E-state index contributed by atoms with van der Waals surface area (Å²) in [4.78, 5) is 23.7. The minimum Gasteiger partial charge on any atom is -0.496 e. The van der Waals surface area contributed by atoms with Crippen LogP contribution in [0.15, 0.2) is 48.5 Å². The molecule has 6 nitrogen and oxygen atoms in total. The Morgan fingerprint density at radius 3 is 2.67 bits per heavy atom. The number of benzene rings is 2. The number of nitrogens with zero attached hydrogens (tertiary/aromatic N) is 1. The average molecular weight is 323 g/mol. The molecule has 2 rings (SSSR count). The molecule has 122 valence electrons. The summed E-state index contributed by atoms with van der Waals surface area (Å²) in [6.07, 6.45) is 0.549. The van der Waals surface area contributed by atoms with Gasteiger partial charge in [0.15, 0.2) is 0 Å². The highest BCUT2D eigenvalue weighted by Gasteiger charge is 2.13. The molecular weight excluding hydrogens is 306 g/mol. The van der Waals surface area contributed by atoms with E-state index in [-0.39, 0.29) is 0 Å². The van der Waals surface area contributed by atoms with Gasteiger partial charge >= 0.3 is 11.8 Å². The number of hydrogen-bond donors (Lipinski definition) is 2. The molecule has 0 aliphatic rings. The van der Waals surface area contributed by atoms with Crippen molar-refractivity contribution >= 4 is 17.5 Å². The number of methoxy groups -OCH3 is 1. The molecule has 0 bridgehead atoms. The van der Waals surface area contributed by atoms with Gasteiger partial charge in [0.1, 0.15) is 5.75 Å². The molecule has 2 aromatic carbocycles. The van der Waals surface area contributed by atoms with Crippen molar-refractivity contribution in [1.29, 1.82) is 5.26 Å². The van der Waals surface area contributed by atoms with Gasteiger partial charge in [0.2, 0.25) is 0 Å². The van der Waals surface area contributed by atoms with E-state index in [1.54, 1.807) is 25.3 Å². The van der Waals surface area contributed by atoms with Gasteiger partial charge in [-0.2, -0.15) is 5.26 Å². The second-order valence-electron chi connectivity index (χ2n) is 4.96. The highest BCUT2D eigenvalue weighted by molar-refractivity contribution is 6.39. The van der Waals surface area contributed by atoms with Crippen LogP contribution in [-0.4, -0.2) is 25.5 Å². The zero-order chi connectivity index (χ0) is 17.4. The van der Waals surface area contributed by atoms with E-state index in [0.717, 1.165) is 11.3 Å². The Morgan fingerprint density at radius 1 is 1.12 bits per heavy atom. The topological polar surface area (TPSA) is 91.2 Å². The van der Waals surface area contributed by atoms with Crippen molar-refractivity contribution in [1.82, 2.24) is 5.32 Å². The molecule has 2 amide bonds. The summed E-state index contributed by atoms with van der Waals surface area (Å²) >= 11 is 0. The molecule has 0 atom stereocenters. The van der Waals surface area contributed by atoms with Crippen molar-refractivity contribution in [3.8, 4) is 11.8 Å². The fourth-order valence-electron chi connectivity index (χ4n) is 2.15. The molecule has 0 radical (unpaired) electrons. The van der Waals surface area contributed by atoms with Gasteiger partial charge in [0, 0.05) is 12.2 Å². The van der Waals surface area contributed by atoms with E-state index in [4.69, 9.17) is 10.00 Å². The summed E-state index contributed by atoms with van der Waals surface area (Å²) in [7, 11) is 1.58. The molecule has 0 saturated heterocycles. The van der Waals surface area contributed by atoms with Gasteiger partial charge in [-0.1, -0.05) is 24.3 Å². The second kappa shape index (κ2) is 8.34. The Labute approximate surface area is 140 Å². The van der Waals surface area contributed by atoms with Crippen molar-refractivity contribution < 1.29 is 14.3 Å². The predicted molar refractivity (Wildman–Crippen MR) is 89.5 cm³/mol. The summed E-state index contributed by atoms with van der Waals surface area (Å²) in [5.74, 6) is -0.762. The number of para-hydroxylation sites is 1. The molecule has 6 heteroatoms. The molecular formula is C18H17N3O3. The zero-order valence-corrected chi connectivity index (χ0v) is 13.2. The number of carbonyl (C=O) groups is 2. The molecule has 0 aromatic heterocycles. The average Bonchev–Trinajstić information content (AvgIpc) is 2.62. The Bertz CT molecular complexity index is 781. The molecule has 0 aliphatic heterocycles. The molecule has 0 unspecified atom stereocenters. The van der Waals surface area contributed by atoms with Gasteiger partial charge in [-0.25, -0.2) is 0 Å². The highest BCUT2D eigenvalue weighted by Crippen LogP contribution is 2.17. The van der Waals surface area contributed by atoms with E-state index < -0.39 is 11.8 Å². The molecule has 0 saturated carbocycles. The first-order valence-electron chi connectivity index (χ1n) is 7.35. The van der Waals surface area contributed by atoms with Crippen LogP contribution >= 0.6 is 0 Å². The van der Waals surface area contributed by atoms with Gasteiger partial charge < -0.3 is 15.4 Å². The molecule has 2 N–H and O–H groups in total. The van der Waals surface area contributed by atoms with Gasteiger partial charge in [0.25, 0.3) is 0 Å². The van der Waals surface area contributed by atoms with Crippen molar-refractivity contribution in [3.63, 3.8) is 0 Å². The lowest BCUT2D eigenvalue weighted by Gasteiger charge is -2.09. The number of rotatable bonds is 5. The summed E-state index contributed by atoms with van der Waals surface area (Å²) < 4.78 is 5.23. The predicted octanol–water partition coefficient (Wildman–Crippen LogP) is 1.86. The Balaban J connectivity index is 1.86. The smallest absolute Gasteiger partial charge is 0.313 e. The maximum Gasteiger partial charge on any atom is 0.313 e. The molecule has 0 heterocycles. The largest absolute Gasteiger partial charge is 0.496 e.